The highest BCUT2D eigenvalue weighted by Gasteiger charge is 2.27. The summed E-state index contributed by atoms with van der Waals surface area (Å²) in [7, 11) is 3.98. The number of anilines is 1. The molecule has 1 fully saturated rings. The van der Waals surface area contributed by atoms with Gasteiger partial charge in [-0.3, -0.25) is 9.78 Å². The van der Waals surface area contributed by atoms with Crippen LogP contribution in [0.2, 0.25) is 0 Å². The van der Waals surface area contributed by atoms with E-state index in [1.165, 1.54) is 11.3 Å². The van der Waals surface area contributed by atoms with Gasteiger partial charge in [0.25, 0.3) is 5.91 Å². The average Bonchev–Trinajstić information content (AvgIpc) is 2.83. The van der Waals surface area contributed by atoms with Crippen molar-refractivity contribution in [1.29, 1.82) is 0 Å². The number of aromatic nitrogens is 1. The molecule has 2 N–H and O–H groups in total. The van der Waals surface area contributed by atoms with Crippen molar-refractivity contribution >= 4 is 33.0 Å². The summed E-state index contributed by atoms with van der Waals surface area (Å²) in [5.74, 6) is 0.0222. The minimum Gasteiger partial charge on any atom is -0.397 e. The number of nitrogens with zero attached hydrogens (tertiary/aromatic N) is 3. The van der Waals surface area contributed by atoms with Crippen LogP contribution in [0.5, 0.6) is 0 Å². The summed E-state index contributed by atoms with van der Waals surface area (Å²) in [6, 6.07) is 2.13. The molecule has 0 spiro atoms. The smallest absolute Gasteiger partial charge is 0.266 e. The molecule has 21 heavy (non-hydrogen) atoms. The van der Waals surface area contributed by atoms with E-state index >= 15 is 0 Å². The van der Waals surface area contributed by atoms with E-state index in [9.17, 15) is 4.79 Å². The van der Waals surface area contributed by atoms with Crippen LogP contribution in [0.1, 0.15) is 22.5 Å². The Hall–Kier alpha value is -1.66. The van der Waals surface area contributed by atoms with Gasteiger partial charge in [0.05, 0.1) is 10.4 Å². The van der Waals surface area contributed by atoms with Crippen LogP contribution in [0.4, 0.5) is 5.69 Å². The lowest BCUT2D eigenvalue weighted by molar-refractivity contribution is 0.0650. The maximum atomic E-state index is 12.8. The fourth-order valence-electron chi connectivity index (χ4n) is 2.91. The first-order chi connectivity index (χ1) is 10.1. The van der Waals surface area contributed by atoms with Crippen molar-refractivity contribution in [1.82, 2.24) is 14.8 Å². The van der Waals surface area contributed by atoms with E-state index < -0.39 is 0 Å². The molecule has 1 amide bonds. The molecule has 2 aromatic heterocycles. The van der Waals surface area contributed by atoms with Gasteiger partial charge in [0.2, 0.25) is 0 Å². The van der Waals surface area contributed by atoms with E-state index in [4.69, 9.17) is 5.73 Å². The Kier molecular flexibility index (Phi) is 3.82. The molecule has 3 rings (SSSR count). The van der Waals surface area contributed by atoms with Gasteiger partial charge in [-0.2, -0.15) is 0 Å². The lowest BCUT2D eigenvalue weighted by Gasteiger charge is -2.35. The molecule has 6 heteroatoms. The van der Waals surface area contributed by atoms with Crippen molar-refractivity contribution in [3.05, 3.63) is 23.3 Å². The zero-order chi connectivity index (χ0) is 15.0. The van der Waals surface area contributed by atoms with Crippen molar-refractivity contribution in [3.63, 3.8) is 0 Å². The van der Waals surface area contributed by atoms with Crippen LogP contribution in [0, 0.1) is 0 Å². The van der Waals surface area contributed by atoms with Crippen molar-refractivity contribution in [2.24, 2.45) is 0 Å². The molecule has 1 unspecified atom stereocenters. The summed E-state index contributed by atoms with van der Waals surface area (Å²) in [6.45, 7) is 2.03. The second-order valence-electron chi connectivity index (χ2n) is 5.69. The summed E-state index contributed by atoms with van der Waals surface area (Å²) in [5.41, 5.74) is 6.74. The SMILES string of the molecule is CN1CCCC(N(C)C(=O)c2sc3cnccc3c2N)C1. The number of nitrogens with two attached hydrogens (primary N) is 1. The van der Waals surface area contributed by atoms with E-state index in [1.54, 1.807) is 12.4 Å². The van der Waals surface area contributed by atoms with Crippen LogP contribution in [0.15, 0.2) is 18.5 Å². The van der Waals surface area contributed by atoms with Gasteiger partial charge in [-0.25, -0.2) is 0 Å². The molecular weight excluding hydrogens is 284 g/mol. The van der Waals surface area contributed by atoms with Crippen LogP contribution in [-0.4, -0.2) is 53.9 Å². The molecule has 3 heterocycles. The number of hydrogen-bond donors (Lipinski definition) is 1. The van der Waals surface area contributed by atoms with Gasteiger partial charge in [-0.15, -0.1) is 11.3 Å². The molecule has 1 atom stereocenters. The average molecular weight is 304 g/mol. The van der Waals surface area contributed by atoms with Crippen molar-refractivity contribution in [2.45, 2.75) is 18.9 Å². The Bertz CT molecular complexity index is 669. The Labute approximate surface area is 128 Å². The number of carbonyl (C=O) groups excluding carboxylic acids is 1. The molecule has 0 aliphatic carbocycles. The fraction of sp³-hybridized carbons (Fsp3) is 0.467. The molecular formula is C15H20N4OS. The van der Waals surface area contributed by atoms with E-state index in [0.717, 1.165) is 36.0 Å². The normalized spacial score (nSPS) is 19.8. The van der Waals surface area contributed by atoms with Crippen LogP contribution in [0.25, 0.3) is 10.1 Å². The third-order valence-electron chi connectivity index (χ3n) is 4.19. The van der Waals surface area contributed by atoms with Gasteiger partial charge >= 0.3 is 0 Å². The number of likely N-dealkylation sites (N-methyl/N-ethyl adjacent to an activating group) is 2. The fourth-order valence-corrected chi connectivity index (χ4v) is 3.98. The van der Waals surface area contributed by atoms with E-state index in [1.807, 2.05) is 18.0 Å². The summed E-state index contributed by atoms with van der Waals surface area (Å²) in [4.78, 5) is 21.6. The number of amides is 1. The summed E-state index contributed by atoms with van der Waals surface area (Å²) in [5, 5.41) is 0.924. The van der Waals surface area contributed by atoms with Gasteiger partial charge < -0.3 is 15.5 Å². The maximum Gasteiger partial charge on any atom is 0.266 e. The molecule has 5 nitrogen and oxygen atoms in total. The standard InChI is InChI=1S/C15H20N4OS/c1-18-7-3-4-10(9-18)19(2)15(20)14-13(16)11-5-6-17-8-12(11)21-14/h5-6,8,10H,3-4,7,9,16H2,1-2H3. The number of fused-ring (bicyclic) bond motifs is 1. The Balaban J connectivity index is 1.87. The van der Waals surface area contributed by atoms with E-state index in [-0.39, 0.29) is 11.9 Å². The number of carbonyl (C=O) groups is 1. The first kappa shape index (κ1) is 14.3. The number of likely N-dealkylation sites (tertiary alicyclic amines) is 1. The second-order valence-corrected chi connectivity index (χ2v) is 6.74. The number of hydrogen-bond acceptors (Lipinski definition) is 5. The molecule has 1 aliphatic rings. The molecule has 1 saturated heterocycles. The molecule has 0 radical (unpaired) electrons. The summed E-state index contributed by atoms with van der Waals surface area (Å²) in [6.07, 6.45) is 5.66. The van der Waals surface area contributed by atoms with Gasteiger partial charge in [0.15, 0.2) is 0 Å². The highest BCUT2D eigenvalue weighted by Crippen LogP contribution is 2.34. The Morgan fingerprint density at radius 1 is 1.57 bits per heavy atom. The number of thiophene rings is 1. The van der Waals surface area contributed by atoms with Gasteiger partial charge in [-0.1, -0.05) is 0 Å². The first-order valence-electron chi connectivity index (χ1n) is 7.15. The Morgan fingerprint density at radius 2 is 2.38 bits per heavy atom. The third kappa shape index (κ3) is 2.61. The van der Waals surface area contributed by atoms with Crippen molar-refractivity contribution < 1.29 is 4.79 Å². The predicted molar refractivity (Wildman–Crippen MR) is 86.6 cm³/mol. The maximum absolute atomic E-state index is 12.8. The van der Waals surface area contributed by atoms with Gasteiger partial charge in [0, 0.05) is 37.4 Å². The molecule has 1 aliphatic heterocycles. The molecule has 0 aromatic carbocycles. The zero-order valence-electron chi connectivity index (χ0n) is 12.4. The number of rotatable bonds is 2. The lowest BCUT2D eigenvalue weighted by atomic mass is 10.0. The zero-order valence-corrected chi connectivity index (χ0v) is 13.2. The molecule has 2 aromatic rings. The van der Waals surface area contributed by atoms with Crippen LogP contribution in [0.3, 0.4) is 0 Å². The largest absolute Gasteiger partial charge is 0.397 e. The highest BCUT2D eigenvalue weighted by molar-refractivity contribution is 7.21. The number of piperidine rings is 1. The van der Waals surface area contributed by atoms with Crippen molar-refractivity contribution in [3.8, 4) is 0 Å². The molecule has 0 bridgehead atoms. The summed E-state index contributed by atoms with van der Waals surface area (Å²) < 4.78 is 0.965. The molecule has 0 saturated carbocycles. The minimum absolute atomic E-state index is 0.0222. The predicted octanol–water partition coefficient (Wildman–Crippen LogP) is 2.04. The highest BCUT2D eigenvalue weighted by atomic mass is 32.1. The van der Waals surface area contributed by atoms with Crippen LogP contribution < -0.4 is 5.73 Å². The van der Waals surface area contributed by atoms with E-state index in [2.05, 4.69) is 16.9 Å². The minimum atomic E-state index is 0.0222. The van der Waals surface area contributed by atoms with Crippen LogP contribution >= 0.6 is 11.3 Å². The van der Waals surface area contributed by atoms with E-state index in [0.29, 0.717) is 10.6 Å². The Morgan fingerprint density at radius 3 is 3.10 bits per heavy atom. The first-order valence-corrected chi connectivity index (χ1v) is 7.97. The quantitative estimate of drug-likeness (QED) is 0.922. The van der Waals surface area contributed by atoms with Gasteiger partial charge in [0.1, 0.15) is 4.88 Å². The third-order valence-corrected chi connectivity index (χ3v) is 5.34. The lowest BCUT2D eigenvalue weighted by Crippen LogP contribution is -2.47. The number of pyridine rings is 1. The topological polar surface area (TPSA) is 62.5 Å². The van der Waals surface area contributed by atoms with Crippen molar-refractivity contribution in [2.75, 3.05) is 32.9 Å². The second kappa shape index (κ2) is 5.61. The molecule has 112 valence electrons. The monoisotopic (exact) mass is 304 g/mol. The van der Waals surface area contributed by atoms with Gasteiger partial charge in [-0.05, 0) is 32.5 Å². The number of nitrogen functional groups attached to an aromatic ring is 1. The van der Waals surface area contributed by atoms with Crippen LogP contribution in [-0.2, 0) is 0 Å². The summed E-state index contributed by atoms with van der Waals surface area (Å²) >= 11 is 1.43.